The maximum absolute atomic E-state index is 9.39. The summed E-state index contributed by atoms with van der Waals surface area (Å²) in [4.78, 5) is 6.28. The lowest BCUT2D eigenvalue weighted by Crippen LogP contribution is -2.22. The van der Waals surface area contributed by atoms with Crippen molar-refractivity contribution in [2.45, 2.75) is 26.4 Å². The fourth-order valence-electron chi connectivity index (χ4n) is 2.42. The van der Waals surface area contributed by atoms with E-state index in [1.54, 1.807) is 12.4 Å². The average molecular weight is 294 g/mol. The highest BCUT2D eigenvalue weighted by molar-refractivity contribution is 5.48. The van der Waals surface area contributed by atoms with E-state index in [-0.39, 0.29) is 6.04 Å². The summed E-state index contributed by atoms with van der Waals surface area (Å²) < 4.78 is 0. The molecule has 1 aromatic carbocycles. The summed E-state index contributed by atoms with van der Waals surface area (Å²) in [7, 11) is 0. The van der Waals surface area contributed by atoms with Crippen molar-refractivity contribution in [3.05, 3.63) is 59.9 Å². The second-order valence-electron chi connectivity index (χ2n) is 5.06. The molecule has 0 aliphatic rings. The number of hydrogen-bond donors (Lipinski definition) is 1. The molecule has 0 saturated carbocycles. The second kappa shape index (κ2) is 8.16. The molecular formula is C18H22N4. The first-order valence-electron chi connectivity index (χ1n) is 7.65. The maximum atomic E-state index is 9.39. The summed E-state index contributed by atoms with van der Waals surface area (Å²) in [6.45, 7) is 6.91. The molecule has 2 rings (SSSR count). The first-order chi connectivity index (χ1) is 10.8. The van der Waals surface area contributed by atoms with Crippen LogP contribution in [0.25, 0.3) is 0 Å². The zero-order chi connectivity index (χ0) is 15.8. The Labute approximate surface area is 132 Å². The predicted octanol–water partition coefficient (Wildman–Crippen LogP) is 3.28. The molecular weight excluding hydrogens is 272 g/mol. The van der Waals surface area contributed by atoms with Crippen molar-refractivity contribution in [2.24, 2.45) is 0 Å². The highest BCUT2D eigenvalue weighted by Gasteiger charge is 2.10. The third-order valence-electron chi connectivity index (χ3n) is 3.74. The molecule has 0 aliphatic heterocycles. The van der Waals surface area contributed by atoms with E-state index < -0.39 is 0 Å². The summed E-state index contributed by atoms with van der Waals surface area (Å²) in [5, 5.41) is 12.7. The standard InChI is InChI=1S/C18H22N4/c1-3-22(4-2)17-7-5-16(6-8-17)18(13-19)21-14-15-9-11-20-12-10-15/h5-12,18,21H,3-4,14H2,1-2H3. The summed E-state index contributed by atoms with van der Waals surface area (Å²) in [6, 6.07) is 14.1. The van der Waals surface area contributed by atoms with Crippen molar-refractivity contribution < 1.29 is 0 Å². The Morgan fingerprint density at radius 2 is 1.73 bits per heavy atom. The van der Waals surface area contributed by atoms with Gasteiger partial charge in [-0.1, -0.05) is 12.1 Å². The number of pyridine rings is 1. The Morgan fingerprint density at radius 1 is 1.09 bits per heavy atom. The molecule has 0 saturated heterocycles. The van der Waals surface area contributed by atoms with E-state index in [0.29, 0.717) is 6.54 Å². The molecule has 2 aromatic rings. The van der Waals surface area contributed by atoms with Crippen LogP contribution in [0.4, 0.5) is 5.69 Å². The Kier molecular flexibility index (Phi) is 5.93. The first kappa shape index (κ1) is 16.0. The van der Waals surface area contributed by atoms with Crippen LogP contribution in [0.2, 0.25) is 0 Å². The molecule has 4 nitrogen and oxygen atoms in total. The molecule has 4 heteroatoms. The first-order valence-corrected chi connectivity index (χ1v) is 7.65. The molecule has 0 radical (unpaired) electrons. The number of nitrogens with one attached hydrogen (secondary N) is 1. The van der Waals surface area contributed by atoms with Crippen LogP contribution in [0.15, 0.2) is 48.8 Å². The van der Waals surface area contributed by atoms with Gasteiger partial charge in [-0.25, -0.2) is 0 Å². The van der Waals surface area contributed by atoms with E-state index in [0.717, 1.165) is 24.2 Å². The second-order valence-corrected chi connectivity index (χ2v) is 5.06. The van der Waals surface area contributed by atoms with Gasteiger partial charge in [-0.3, -0.25) is 10.3 Å². The lowest BCUT2D eigenvalue weighted by Gasteiger charge is -2.21. The van der Waals surface area contributed by atoms with Gasteiger partial charge in [0.1, 0.15) is 6.04 Å². The van der Waals surface area contributed by atoms with Crippen molar-refractivity contribution in [2.75, 3.05) is 18.0 Å². The van der Waals surface area contributed by atoms with Crippen molar-refractivity contribution in [1.82, 2.24) is 10.3 Å². The van der Waals surface area contributed by atoms with Crippen LogP contribution in [0, 0.1) is 11.3 Å². The number of benzene rings is 1. The fraction of sp³-hybridized carbons (Fsp3) is 0.333. The number of rotatable bonds is 7. The Balaban J connectivity index is 2.03. The zero-order valence-electron chi connectivity index (χ0n) is 13.2. The van der Waals surface area contributed by atoms with E-state index in [2.05, 4.69) is 47.3 Å². The van der Waals surface area contributed by atoms with Crippen molar-refractivity contribution >= 4 is 5.69 Å². The molecule has 0 fully saturated rings. The van der Waals surface area contributed by atoms with Gasteiger partial charge in [0.15, 0.2) is 0 Å². The monoisotopic (exact) mass is 294 g/mol. The fourth-order valence-corrected chi connectivity index (χ4v) is 2.42. The number of aromatic nitrogens is 1. The van der Waals surface area contributed by atoms with Crippen LogP contribution in [0.3, 0.4) is 0 Å². The van der Waals surface area contributed by atoms with Gasteiger partial charge in [0.2, 0.25) is 0 Å². The SMILES string of the molecule is CCN(CC)c1ccc(C(C#N)NCc2ccncc2)cc1. The Morgan fingerprint density at radius 3 is 2.27 bits per heavy atom. The van der Waals surface area contributed by atoms with Gasteiger partial charge in [0, 0.05) is 37.7 Å². The highest BCUT2D eigenvalue weighted by Crippen LogP contribution is 2.19. The van der Waals surface area contributed by atoms with Crippen LogP contribution in [-0.4, -0.2) is 18.1 Å². The van der Waals surface area contributed by atoms with Gasteiger partial charge in [0.05, 0.1) is 6.07 Å². The third kappa shape index (κ3) is 4.06. The van der Waals surface area contributed by atoms with Gasteiger partial charge in [-0.2, -0.15) is 5.26 Å². The molecule has 1 heterocycles. The topological polar surface area (TPSA) is 52.0 Å². The minimum Gasteiger partial charge on any atom is -0.372 e. The van der Waals surface area contributed by atoms with E-state index in [1.165, 1.54) is 5.69 Å². The quantitative estimate of drug-likeness (QED) is 0.851. The van der Waals surface area contributed by atoms with Gasteiger partial charge >= 0.3 is 0 Å². The zero-order valence-corrected chi connectivity index (χ0v) is 13.2. The van der Waals surface area contributed by atoms with Crippen LogP contribution in [-0.2, 0) is 6.54 Å². The Bertz CT molecular complexity index is 597. The predicted molar refractivity (Wildman–Crippen MR) is 89.4 cm³/mol. The molecule has 114 valence electrons. The lowest BCUT2D eigenvalue weighted by molar-refractivity contribution is 0.630. The minimum atomic E-state index is -0.307. The van der Waals surface area contributed by atoms with Crippen LogP contribution >= 0.6 is 0 Å². The van der Waals surface area contributed by atoms with Crippen molar-refractivity contribution in [3.8, 4) is 6.07 Å². The average Bonchev–Trinajstić information content (AvgIpc) is 2.59. The maximum Gasteiger partial charge on any atom is 0.121 e. The van der Waals surface area contributed by atoms with Crippen LogP contribution in [0.1, 0.15) is 31.0 Å². The van der Waals surface area contributed by atoms with Crippen molar-refractivity contribution in [3.63, 3.8) is 0 Å². The summed E-state index contributed by atoms with van der Waals surface area (Å²) in [5.74, 6) is 0. The van der Waals surface area contributed by atoms with Gasteiger partial charge in [-0.05, 0) is 49.2 Å². The molecule has 0 amide bonds. The van der Waals surface area contributed by atoms with E-state index in [1.807, 2.05) is 24.3 Å². The number of nitrogens with zero attached hydrogens (tertiary/aromatic N) is 3. The lowest BCUT2D eigenvalue weighted by atomic mass is 10.1. The molecule has 0 aliphatic carbocycles. The largest absolute Gasteiger partial charge is 0.372 e. The van der Waals surface area contributed by atoms with Crippen LogP contribution in [0.5, 0.6) is 0 Å². The number of nitriles is 1. The third-order valence-corrected chi connectivity index (χ3v) is 3.74. The Hall–Kier alpha value is -2.38. The highest BCUT2D eigenvalue weighted by atomic mass is 15.1. The molecule has 1 unspecified atom stereocenters. The summed E-state index contributed by atoms with van der Waals surface area (Å²) >= 11 is 0. The summed E-state index contributed by atoms with van der Waals surface area (Å²) in [5.41, 5.74) is 3.31. The normalized spacial score (nSPS) is 11.7. The molecule has 1 N–H and O–H groups in total. The minimum absolute atomic E-state index is 0.307. The number of hydrogen-bond acceptors (Lipinski definition) is 4. The molecule has 1 atom stereocenters. The van der Waals surface area contributed by atoms with Gasteiger partial charge in [-0.15, -0.1) is 0 Å². The molecule has 22 heavy (non-hydrogen) atoms. The molecule has 1 aromatic heterocycles. The van der Waals surface area contributed by atoms with Gasteiger partial charge in [0.25, 0.3) is 0 Å². The number of anilines is 1. The van der Waals surface area contributed by atoms with Crippen molar-refractivity contribution in [1.29, 1.82) is 5.26 Å². The van der Waals surface area contributed by atoms with E-state index >= 15 is 0 Å². The van der Waals surface area contributed by atoms with Gasteiger partial charge < -0.3 is 4.90 Å². The van der Waals surface area contributed by atoms with E-state index in [9.17, 15) is 5.26 Å². The van der Waals surface area contributed by atoms with Crippen LogP contribution < -0.4 is 10.2 Å². The smallest absolute Gasteiger partial charge is 0.121 e. The summed E-state index contributed by atoms with van der Waals surface area (Å²) in [6.07, 6.45) is 3.52. The molecule has 0 spiro atoms. The molecule has 0 bridgehead atoms. The van der Waals surface area contributed by atoms with E-state index in [4.69, 9.17) is 0 Å².